The molecule has 2 aromatic heterocycles. The number of H-pyrrole nitrogens is 1. The Morgan fingerprint density at radius 1 is 0.949 bits per heavy atom. The zero-order valence-electron chi connectivity index (χ0n) is 22.6. The maximum absolute atomic E-state index is 12.9. The molecule has 8 heteroatoms. The predicted molar refractivity (Wildman–Crippen MR) is 154 cm³/mol. The fraction of sp³-hybridized carbons (Fsp3) is 0.355. The lowest BCUT2D eigenvalue weighted by Crippen LogP contribution is -2.55. The first-order valence-corrected chi connectivity index (χ1v) is 13.6. The van der Waals surface area contributed by atoms with Crippen molar-refractivity contribution >= 4 is 22.6 Å². The van der Waals surface area contributed by atoms with Gasteiger partial charge in [-0.1, -0.05) is 24.3 Å². The van der Waals surface area contributed by atoms with Crippen LogP contribution in [0.4, 0.5) is 5.69 Å². The predicted octanol–water partition coefficient (Wildman–Crippen LogP) is 4.14. The number of benzene rings is 2. The summed E-state index contributed by atoms with van der Waals surface area (Å²) in [7, 11) is 3.83. The number of hydrogen-bond donors (Lipinski definition) is 1. The highest BCUT2D eigenvalue weighted by atomic mass is 16.5. The van der Waals surface area contributed by atoms with Crippen molar-refractivity contribution in [2.75, 3.05) is 71.5 Å². The molecule has 0 bridgehead atoms. The molecule has 0 radical (unpaired) electrons. The summed E-state index contributed by atoms with van der Waals surface area (Å²) in [5.41, 5.74) is 7.16. The highest BCUT2D eigenvalue weighted by molar-refractivity contribution is 5.98. The summed E-state index contributed by atoms with van der Waals surface area (Å²) in [6.45, 7) is 6.67. The summed E-state index contributed by atoms with van der Waals surface area (Å²) in [4.78, 5) is 27.5. The number of nitrogens with zero attached hydrogens (tertiary/aromatic N) is 4. The van der Waals surface area contributed by atoms with Crippen molar-refractivity contribution in [3.05, 3.63) is 72.6 Å². The van der Waals surface area contributed by atoms with Crippen molar-refractivity contribution < 1.29 is 14.3 Å². The Hall–Kier alpha value is -3.72. The largest absolute Gasteiger partial charge is 0.382 e. The molecule has 0 aliphatic carbocycles. The molecule has 0 spiro atoms. The van der Waals surface area contributed by atoms with E-state index in [0.29, 0.717) is 31.9 Å². The second-order valence-electron chi connectivity index (χ2n) is 10.4. The molecule has 1 N–H and O–H groups in total. The highest BCUT2D eigenvalue weighted by Gasteiger charge is 2.31. The third-order valence-corrected chi connectivity index (χ3v) is 7.82. The van der Waals surface area contributed by atoms with Crippen molar-refractivity contribution in [1.82, 2.24) is 19.8 Å². The van der Waals surface area contributed by atoms with E-state index in [9.17, 15) is 4.79 Å². The lowest BCUT2D eigenvalue weighted by molar-refractivity contribution is -0.0554. The normalized spacial score (nSPS) is 16.6. The highest BCUT2D eigenvalue weighted by Crippen LogP contribution is 2.32. The van der Waals surface area contributed by atoms with Gasteiger partial charge in [0.15, 0.2) is 0 Å². The standard InChI is InChI=1S/C31H35N5O3/c1-34-11-13-35(14-12-34)26-9-7-22(8-10-26)25-17-28-29(19-33-30(28)32-18-25)23-3-5-24(6-4-23)31(37)36-20-27(21-36)39-16-15-38-2/h3-10,17-19,27H,11-16,20-21H2,1-2H3,(H,32,33). The Bertz CT molecular complexity index is 1420. The van der Waals surface area contributed by atoms with Gasteiger partial charge in [0.2, 0.25) is 0 Å². The molecule has 2 aliphatic heterocycles. The number of likely N-dealkylation sites (tertiary alicyclic amines) is 1. The molecule has 0 saturated carbocycles. The molecule has 2 fully saturated rings. The molecule has 2 saturated heterocycles. The summed E-state index contributed by atoms with van der Waals surface area (Å²) in [6, 6.07) is 18.8. The first-order chi connectivity index (χ1) is 19.1. The third-order valence-electron chi connectivity index (χ3n) is 7.82. The number of aromatic nitrogens is 2. The number of methoxy groups -OCH3 is 1. The van der Waals surface area contributed by atoms with Gasteiger partial charge in [0, 0.05) is 86.5 Å². The minimum absolute atomic E-state index is 0.0380. The number of piperazine rings is 1. The Balaban J connectivity index is 1.15. The van der Waals surface area contributed by atoms with Crippen LogP contribution in [0.25, 0.3) is 33.3 Å². The van der Waals surface area contributed by atoms with Crippen LogP contribution in [0.2, 0.25) is 0 Å². The number of pyridine rings is 1. The number of nitrogens with one attached hydrogen (secondary N) is 1. The van der Waals surface area contributed by atoms with Crippen molar-refractivity contribution in [1.29, 1.82) is 0 Å². The monoisotopic (exact) mass is 525 g/mol. The summed E-state index contributed by atoms with van der Waals surface area (Å²) in [6.07, 6.45) is 4.01. The Kier molecular flexibility index (Phi) is 7.32. The van der Waals surface area contributed by atoms with Crippen LogP contribution in [0.5, 0.6) is 0 Å². The number of aromatic amines is 1. The van der Waals surface area contributed by atoms with E-state index in [1.54, 1.807) is 7.11 Å². The number of ether oxygens (including phenoxy) is 2. The van der Waals surface area contributed by atoms with E-state index in [1.807, 2.05) is 41.6 Å². The first-order valence-electron chi connectivity index (χ1n) is 13.6. The summed E-state index contributed by atoms with van der Waals surface area (Å²) < 4.78 is 10.7. The lowest BCUT2D eigenvalue weighted by atomic mass is 10.0. The van der Waals surface area contributed by atoms with E-state index in [2.05, 4.69) is 52.2 Å². The lowest BCUT2D eigenvalue weighted by Gasteiger charge is -2.38. The molecule has 2 aliphatic rings. The Morgan fingerprint density at radius 3 is 2.38 bits per heavy atom. The van der Waals surface area contributed by atoms with Crippen LogP contribution in [0.15, 0.2) is 67.0 Å². The second-order valence-corrected chi connectivity index (χ2v) is 10.4. The van der Waals surface area contributed by atoms with Gasteiger partial charge in [-0.2, -0.15) is 0 Å². The van der Waals surface area contributed by atoms with Gasteiger partial charge in [0.25, 0.3) is 5.91 Å². The number of carbonyl (C=O) groups is 1. The van der Waals surface area contributed by atoms with E-state index in [1.165, 1.54) is 5.69 Å². The summed E-state index contributed by atoms with van der Waals surface area (Å²) in [5, 5.41) is 1.06. The average Bonchev–Trinajstić information content (AvgIpc) is 3.38. The van der Waals surface area contributed by atoms with Crippen LogP contribution >= 0.6 is 0 Å². The minimum atomic E-state index is 0.0380. The number of likely N-dealkylation sites (N-methyl/N-ethyl adjacent to an activating group) is 1. The first kappa shape index (κ1) is 25.6. The molecule has 0 atom stereocenters. The van der Waals surface area contributed by atoms with Gasteiger partial charge in [-0.05, 0) is 48.5 Å². The fourth-order valence-corrected chi connectivity index (χ4v) is 5.31. The second kappa shape index (κ2) is 11.2. The van der Waals surface area contributed by atoms with Crippen molar-refractivity contribution in [3.63, 3.8) is 0 Å². The Labute approximate surface area is 229 Å². The van der Waals surface area contributed by atoms with Crippen molar-refractivity contribution in [2.45, 2.75) is 6.10 Å². The third kappa shape index (κ3) is 5.41. The van der Waals surface area contributed by atoms with E-state index in [-0.39, 0.29) is 12.0 Å². The Morgan fingerprint density at radius 2 is 1.67 bits per heavy atom. The smallest absolute Gasteiger partial charge is 0.254 e. The minimum Gasteiger partial charge on any atom is -0.382 e. The fourth-order valence-electron chi connectivity index (χ4n) is 5.31. The number of fused-ring (bicyclic) bond motifs is 1. The van der Waals surface area contributed by atoms with E-state index in [0.717, 1.165) is 59.5 Å². The number of carbonyl (C=O) groups excluding carboxylic acids is 1. The van der Waals surface area contributed by atoms with Crippen LogP contribution in [-0.4, -0.2) is 98.4 Å². The summed E-state index contributed by atoms with van der Waals surface area (Å²) in [5.74, 6) is 0.0380. The molecule has 202 valence electrons. The van der Waals surface area contributed by atoms with Gasteiger partial charge in [-0.25, -0.2) is 4.98 Å². The SMILES string of the molecule is COCCOC1CN(C(=O)c2ccc(-c3c[nH]c4ncc(-c5ccc(N6CCN(C)CC6)cc5)cc34)cc2)C1. The van der Waals surface area contributed by atoms with Gasteiger partial charge < -0.3 is 29.2 Å². The molecule has 2 aromatic carbocycles. The zero-order valence-corrected chi connectivity index (χ0v) is 22.6. The molecule has 1 amide bonds. The van der Waals surface area contributed by atoms with E-state index in [4.69, 9.17) is 14.5 Å². The number of rotatable bonds is 8. The average molecular weight is 526 g/mol. The number of hydrogen-bond acceptors (Lipinski definition) is 6. The molecular weight excluding hydrogens is 490 g/mol. The van der Waals surface area contributed by atoms with Gasteiger partial charge in [0.1, 0.15) is 5.65 Å². The molecule has 4 aromatic rings. The quantitative estimate of drug-likeness (QED) is 0.349. The van der Waals surface area contributed by atoms with Crippen molar-refractivity contribution in [2.24, 2.45) is 0 Å². The van der Waals surface area contributed by atoms with Crippen LogP contribution in [-0.2, 0) is 9.47 Å². The van der Waals surface area contributed by atoms with Gasteiger partial charge in [0.05, 0.1) is 19.3 Å². The van der Waals surface area contributed by atoms with Gasteiger partial charge >= 0.3 is 0 Å². The van der Waals surface area contributed by atoms with Crippen LogP contribution in [0.3, 0.4) is 0 Å². The van der Waals surface area contributed by atoms with Gasteiger partial charge in [-0.3, -0.25) is 4.79 Å². The van der Waals surface area contributed by atoms with Gasteiger partial charge in [-0.15, -0.1) is 0 Å². The molecule has 4 heterocycles. The topological polar surface area (TPSA) is 73.9 Å². The molecular formula is C31H35N5O3. The van der Waals surface area contributed by atoms with Crippen LogP contribution in [0.1, 0.15) is 10.4 Å². The van der Waals surface area contributed by atoms with Crippen LogP contribution < -0.4 is 4.90 Å². The maximum atomic E-state index is 12.9. The molecule has 6 rings (SSSR count). The van der Waals surface area contributed by atoms with E-state index >= 15 is 0 Å². The van der Waals surface area contributed by atoms with E-state index < -0.39 is 0 Å². The number of anilines is 1. The summed E-state index contributed by atoms with van der Waals surface area (Å²) >= 11 is 0. The number of amides is 1. The van der Waals surface area contributed by atoms with Crippen molar-refractivity contribution in [3.8, 4) is 22.3 Å². The molecule has 0 unspecified atom stereocenters. The van der Waals surface area contributed by atoms with Crippen LogP contribution in [0, 0.1) is 0 Å². The maximum Gasteiger partial charge on any atom is 0.254 e. The molecule has 39 heavy (non-hydrogen) atoms. The zero-order chi connectivity index (χ0) is 26.8. The molecule has 8 nitrogen and oxygen atoms in total.